The van der Waals surface area contributed by atoms with E-state index >= 15 is 0 Å². The maximum absolute atomic E-state index is 14.2. The minimum atomic E-state index is -4.51. The van der Waals surface area contributed by atoms with Crippen molar-refractivity contribution in [1.29, 1.82) is 0 Å². The molecule has 11 heteroatoms. The molecule has 0 saturated carbocycles. The summed E-state index contributed by atoms with van der Waals surface area (Å²) in [6.07, 6.45) is -4.51. The molecule has 7 nitrogen and oxygen atoms in total. The zero-order chi connectivity index (χ0) is 22.2. The summed E-state index contributed by atoms with van der Waals surface area (Å²) in [6, 6.07) is 11.1. The number of alkyl halides is 3. The van der Waals surface area contributed by atoms with Crippen LogP contribution in [0.15, 0.2) is 59.0 Å². The Labute approximate surface area is 172 Å². The van der Waals surface area contributed by atoms with E-state index in [1.165, 1.54) is 41.1 Å². The standard InChI is InChI=1S/C20H13F4N5O2/c1-11-26-27-28-29(11)14-5-6-15(21)16(10-14)25-19(30)18-8-7-17(31-18)12-3-2-4-13(9-12)20(22,23)24/h2-10H,1H3,(H,25,30). The molecule has 4 rings (SSSR count). The lowest BCUT2D eigenvalue weighted by atomic mass is 10.1. The van der Waals surface area contributed by atoms with Crippen molar-refractivity contribution in [3.8, 4) is 17.0 Å². The molecule has 0 saturated heterocycles. The topological polar surface area (TPSA) is 85.8 Å². The van der Waals surface area contributed by atoms with Gasteiger partial charge in [-0.05, 0) is 59.8 Å². The van der Waals surface area contributed by atoms with Crippen molar-refractivity contribution < 1.29 is 26.8 Å². The first-order chi connectivity index (χ1) is 14.7. The molecule has 0 aliphatic carbocycles. The molecule has 0 fully saturated rings. The van der Waals surface area contributed by atoms with Crippen molar-refractivity contribution in [1.82, 2.24) is 20.2 Å². The maximum atomic E-state index is 14.2. The number of hydrogen-bond acceptors (Lipinski definition) is 5. The lowest BCUT2D eigenvalue weighted by Crippen LogP contribution is -2.13. The van der Waals surface area contributed by atoms with Gasteiger partial charge in [0.25, 0.3) is 5.91 Å². The summed E-state index contributed by atoms with van der Waals surface area (Å²) in [5.74, 6) is -1.15. The van der Waals surface area contributed by atoms with Gasteiger partial charge in [0, 0.05) is 5.56 Å². The lowest BCUT2D eigenvalue weighted by Gasteiger charge is -2.08. The number of rotatable bonds is 4. The molecular formula is C20H13F4N5O2. The molecule has 2 aromatic carbocycles. The second-order valence-electron chi connectivity index (χ2n) is 6.50. The van der Waals surface area contributed by atoms with Crippen molar-refractivity contribution in [2.75, 3.05) is 5.32 Å². The number of furan rings is 1. The third kappa shape index (κ3) is 4.15. The monoisotopic (exact) mass is 431 g/mol. The number of tetrazole rings is 1. The predicted octanol–water partition coefficient (Wildman–Crippen LogP) is 4.64. The van der Waals surface area contributed by atoms with Crippen LogP contribution >= 0.6 is 0 Å². The molecule has 0 bridgehead atoms. The van der Waals surface area contributed by atoms with Gasteiger partial charge in [0.05, 0.1) is 16.9 Å². The summed E-state index contributed by atoms with van der Waals surface area (Å²) in [5.41, 5.74) is -0.418. The molecular weight excluding hydrogens is 418 g/mol. The van der Waals surface area contributed by atoms with Gasteiger partial charge >= 0.3 is 6.18 Å². The van der Waals surface area contributed by atoms with Crippen LogP contribution in [0.5, 0.6) is 0 Å². The predicted molar refractivity (Wildman–Crippen MR) is 101 cm³/mol. The molecule has 0 unspecified atom stereocenters. The average molecular weight is 431 g/mol. The van der Waals surface area contributed by atoms with E-state index in [-0.39, 0.29) is 22.8 Å². The highest BCUT2D eigenvalue weighted by molar-refractivity contribution is 6.02. The highest BCUT2D eigenvalue weighted by Gasteiger charge is 2.30. The Morgan fingerprint density at radius 2 is 1.90 bits per heavy atom. The number of nitrogens with one attached hydrogen (secondary N) is 1. The van der Waals surface area contributed by atoms with Crippen molar-refractivity contribution in [2.45, 2.75) is 13.1 Å². The molecule has 2 aromatic heterocycles. The SMILES string of the molecule is Cc1nnnn1-c1ccc(F)c(NC(=O)c2ccc(-c3cccc(C(F)(F)F)c3)o2)c1. The minimum Gasteiger partial charge on any atom is -0.451 e. The Morgan fingerprint density at radius 3 is 2.61 bits per heavy atom. The van der Waals surface area contributed by atoms with Crippen LogP contribution in [-0.2, 0) is 6.18 Å². The fourth-order valence-electron chi connectivity index (χ4n) is 2.86. The van der Waals surface area contributed by atoms with E-state index < -0.39 is 23.5 Å². The number of anilines is 1. The summed E-state index contributed by atoms with van der Waals surface area (Å²) >= 11 is 0. The van der Waals surface area contributed by atoms with Crippen LogP contribution in [0.3, 0.4) is 0 Å². The van der Waals surface area contributed by atoms with Gasteiger partial charge < -0.3 is 9.73 Å². The van der Waals surface area contributed by atoms with Gasteiger partial charge in [0.2, 0.25) is 0 Å². The van der Waals surface area contributed by atoms with Crippen molar-refractivity contribution in [3.63, 3.8) is 0 Å². The highest BCUT2D eigenvalue weighted by atomic mass is 19.4. The fourth-order valence-corrected chi connectivity index (χ4v) is 2.86. The molecule has 1 N–H and O–H groups in total. The van der Waals surface area contributed by atoms with Crippen LogP contribution in [0.25, 0.3) is 17.0 Å². The van der Waals surface area contributed by atoms with Crippen molar-refractivity contribution in [2.24, 2.45) is 0 Å². The molecule has 0 radical (unpaired) electrons. The Balaban J connectivity index is 1.57. The molecule has 0 spiro atoms. The van der Waals surface area contributed by atoms with Crippen LogP contribution in [0.4, 0.5) is 23.2 Å². The molecule has 1 amide bonds. The number of amides is 1. The summed E-state index contributed by atoms with van der Waals surface area (Å²) in [5, 5.41) is 13.4. The first-order valence-electron chi connectivity index (χ1n) is 8.86. The zero-order valence-corrected chi connectivity index (χ0v) is 15.8. The number of aryl methyl sites for hydroxylation is 1. The molecule has 4 aromatic rings. The van der Waals surface area contributed by atoms with E-state index in [4.69, 9.17) is 4.42 Å². The van der Waals surface area contributed by atoms with Gasteiger partial charge in [-0.2, -0.15) is 17.9 Å². The number of nitrogens with zero attached hydrogens (tertiary/aromatic N) is 4. The zero-order valence-electron chi connectivity index (χ0n) is 15.8. The summed E-state index contributed by atoms with van der Waals surface area (Å²) in [4.78, 5) is 12.5. The van der Waals surface area contributed by atoms with E-state index in [0.717, 1.165) is 18.2 Å². The normalized spacial score (nSPS) is 11.5. The smallest absolute Gasteiger partial charge is 0.416 e. The van der Waals surface area contributed by atoms with Gasteiger partial charge in [-0.15, -0.1) is 5.10 Å². The Kier molecular flexibility index (Phi) is 5.01. The molecule has 0 aliphatic heterocycles. The van der Waals surface area contributed by atoms with Crippen LogP contribution in [0.1, 0.15) is 21.9 Å². The first kappa shape index (κ1) is 20.3. The van der Waals surface area contributed by atoms with E-state index in [2.05, 4.69) is 20.8 Å². The number of hydrogen-bond donors (Lipinski definition) is 1. The quantitative estimate of drug-likeness (QED) is 0.476. The van der Waals surface area contributed by atoms with Crippen LogP contribution in [-0.4, -0.2) is 26.1 Å². The lowest BCUT2D eigenvalue weighted by molar-refractivity contribution is -0.137. The fraction of sp³-hybridized carbons (Fsp3) is 0.100. The van der Waals surface area contributed by atoms with E-state index in [0.29, 0.717) is 11.5 Å². The summed E-state index contributed by atoms with van der Waals surface area (Å²) in [6.45, 7) is 1.65. The molecule has 158 valence electrons. The third-order valence-electron chi connectivity index (χ3n) is 4.37. The largest absolute Gasteiger partial charge is 0.451 e. The highest BCUT2D eigenvalue weighted by Crippen LogP contribution is 2.32. The molecule has 0 atom stereocenters. The van der Waals surface area contributed by atoms with Crippen LogP contribution < -0.4 is 5.32 Å². The van der Waals surface area contributed by atoms with Crippen LogP contribution in [0.2, 0.25) is 0 Å². The Hall–Kier alpha value is -4.02. The number of halogens is 4. The van der Waals surface area contributed by atoms with E-state index in [9.17, 15) is 22.4 Å². The first-order valence-corrected chi connectivity index (χ1v) is 8.86. The Bertz CT molecular complexity index is 1260. The second-order valence-corrected chi connectivity index (χ2v) is 6.50. The number of carbonyl (C=O) groups excluding carboxylic acids is 1. The minimum absolute atomic E-state index is 0.0646. The molecule has 0 aliphatic rings. The van der Waals surface area contributed by atoms with Gasteiger partial charge in [-0.3, -0.25) is 4.79 Å². The molecule has 31 heavy (non-hydrogen) atoms. The summed E-state index contributed by atoms with van der Waals surface area (Å²) in [7, 11) is 0. The van der Waals surface area contributed by atoms with Crippen LogP contribution in [0, 0.1) is 12.7 Å². The van der Waals surface area contributed by atoms with Gasteiger partial charge in [-0.1, -0.05) is 12.1 Å². The maximum Gasteiger partial charge on any atom is 0.416 e. The number of aromatic nitrogens is 4. The molecule has 2 heterocycles. The average Bonchev–Trinajstić information content (AvgIpc) is 3.38. The third-order valence-corrected chi connectivity index (χ3v) is 4.37. The second kappa shape index (κ2) is 7.67. The van der Waals surface area contributed by atoms with Gasteiger partial charge in [-0.25, -0.2) is 4.39 Å². The number of carbonyl (C=O) groups is 1. The van der Waals surface area contributed by atoms with Crippen molar-refractivity contribution >= 4 is 11.6 Å². The van der Waals surface area contributed by atoms with E-state index in [1.807, 2.05) is 0 Å². The van der Waals surface area contributed by atoms with Crippen molar-refractivity contribution in [3.05, 3.63) is 77.6 Å². The van der Waals surface area contributed by atoms with Gasteiger partial charge in [0.1, 0.15) is 11.6 Å². The number of benzene rings is 2. The van der Waals surface area contributed by atoms with E-state index in [1.54, 1.807) is 6.92 Å². The summed E-state index contributed by atoms with van der Waals surface area (Å²) < 4.78 is 59.7. The Morgan fingerprint density at radius 1 is 1.10 bits per heavy atom. The van der Waals surface area contributed by atoms with Gasteiger partial charge in [0.15, 0.2) is 11.6 Å².